The van der Waals surface area contributed by atoms with Gasteiger partial charge in [0.05, 0.1) is 5.75 Å². The fourth-order valence-electron chi connectivity index (χ4n) is 4.17. The number of anilines is 1. The summed E-state index contributed by atoms with van der Waals surface area (Å²) in [5.74, 6) is -0.0246. The Kier molecular flexibility index (Phi) is 4.49. The largest absolute Gasteiger partial charge is 0.325 e. The maximum Gasteiger partial charge on any atom is 0.227 e. The zero-order valence-electron chi connectivity index (χ0n) is 15.0. The van der Waals surface area contributed by atoms with Crippen LogP contribution in [0.4, 0.5) is 5.69 Å². The van der Waals surface area contributed by atoms with Crippen LogP contribution in [0.5, 0.6) is 0 Å². The summed E-state index contributed by atoms with van der Waals surface area (Å²) in [4.78, 5) is 12.7. The van der Waals surface area contributed by atoms with Gasteiger partial charge in [-0.05, 0) is 55.2 Å². The van der Waals surface area contributed by atoms with E-state index in [1.54, 1.807) is 6.92 Å². The Balaban J connectivity index is 1.49. The highest BCUT2D eigenvalue weighted by Crippen LogP contribution is 2.35. The lowest BCUT2D eigenvalue weighted by atomic mass is 9.96. The average molecular weight is 372 g/mol. The number of rotatable bonds is 4. The third-order valence-corrected chi connectivity index (χ3v) is 7.60. The number of benzene rings is 2. The standard InChI is InChI=1S/C20H24N2O3S/c1-2-26(24,25)22-12-10-16(11-13-22)20(23)21-18-9-8-15-7-6-14-4-3-5-17(18)19(14)15/h3-5,8-9,16H,2,6-7,10-13H2,1H3,(H,21,23). The molecule has 5 nitrogen and oxygen atoms in total. The first-order valence-corrected chi connectivity index (χ1v) is 10.9. The molecular weight excluding hydrogens is 348 g/mol. The lowest BCUT2D eigenvalue weighted by Crippen LogP contribution is -2.42. The van der Waals surface area contributed by atoms with E-state index >= 15 is 0 Å². The Bertz CT molecular complexity index is 950. The predicted molar refractivity (Wildman–Crippen MR) is 104 cm³/mol. The second-order valence-corrected chi connectivity index (χ2v) is 9.43. The molecular formula is C20H24N2O3S. The number of hydrogen-bond donors (Lipinski definition) is 1. The molecule has 26 heavy (non-hydrogen) atoms. The zero-order chi connectivity index (χ0) is 18.3. The predicted octanol–water partition coefficient (Wildman–Crippen LogP) is 2.94. The van der Waals surface area contributed by atoms with Crippen molar-refractivity contribution in [3.8, 4) is 0 Å². The molecule has 0 atom stereocenters. The fourth-order valence-corrected chi connectivity index (χ4v) is 5.30. The molecule has 0 spiro atoms. The number of carbonyl (C=O) groups is 1. The van der Waals surface area contributed by atoms with Crippen molar-refractivity contribution in [1.82, 2.24) is 4.31 Å². The van der Waals surface area contributed by atoms with Gasteiger partial charge in [0.2, 0.25) is 15.9 Å². The molecule has 1 aliphatic carbocycles. The van der Waals surface area contributed by atoms with Crippen molar-refractivity contribution in [3.63, 3.8) is 0 Å². The summed E-state index contributed by atoms with van der Waals surface area (Å²) < 4.78 is 25.4. The Morgan fingerprint density at radius 1 is 1.12 bits per heavy atom. The Morgan fingerprint density at radius 2 is 1.81 bits per heavy atom. The second-order valence-electron chi connectivity index (χ2n) is 7.18. The minimum atomic E-state index is -3.16. The number of sulfonamides is 1. The van der Waals surface area contributed by atoms with Crippen molar-refractivity contribution in [1.29, 1.82) is 0 Å². The van der Waals surface area contributed by atoms with Crippen LogP contribution in [0.15, 0.2) is 30.3 Å². The van der Waals surface area contributed by atoms with Gasteiger partial charge in [0, 0.05) is 30.1 Å². The molecule has 1 fully saturated rings. The Labute approximate surface area is 154 Å². The first kappa shape index (κ1) is 17.5. The minimum absolute atomic E-state index is 0.00255. The summed E-state index contributed by atoms with van der Waals surface area (Å²) in [7, 11) is -3.16. The van der Waals surface area contributed by atoms with Crippen LogP contribution < -0.4 is 5.32 Å². The molecule has 1 heterocycles. The number of piperidine rings is 1. The van der Waals surface area contributed by atoms with E-state index in [0.29, 0.717) is 25.9 Å². The Morgan fingerprint density at radius 3 is 2.50 bits per heavy atom. The van der Waals surface area contributed by atoms with E-state index in [1.807, 2.05) is 6.07 Å². The molecule has 2 aromatic carbocycles. The van der Waals surface area contributed by atoms with Crippen molar-refractivity contribution >= 4 is 32.4 Å². The number of amides is 1. The first-order chi connectivity index (χ1) is 12.5. The van der Waals surface area contributed by atoms with Crippen molar-refractivity contribution in [2.45, 2.75) is 32.6 Å². The topological polar surface area (TPSA) is 66.5 Å². The quantitative estimate of drug-likeness (QED) is 0.897. The van der Waals surface area contributed by atoms with Crippen LogP contribution in [-0.4, -0.2) is 37.5 Å². The van der Waals surface area contributed by atoms with Gasteiger partial charge in [-0.3, -0.25) is 4.79 Å². The lowest BCUT2D eigenvalue weighted by molar-refractivity contribution is -0.120. The maximum absolute atomic E-state index is 12.7. The number of aryl methyl sites for hydroxylation is 2. The van der Waals surface area contributed by atoms with Crippen LogP contribution in [0.1, 0.15) is 30.9 Å². The van der Waals surface area contributed by atoms with E-state index in [9.17, 15) is 13.2 Å². The van der Waals surface area contributed by atoms with Crippen LogP contribution >= 0.6 is 0 Å². The summed E-state index contributed by atoms with van der Waals surface area (Å²) in [5, 5.41) is 5.49. The van der Waals surface area contributed by atoms with Crippen molar-refractivity contribution in [2.75, 3.05) is 24.2 Å². The smallest absolute Gasteiger partial charge is 0.227 e. The van der Waals surface area contributed by atoms with E-state index in [1.165, 1.54) is 20.8 Å². The Hall–Kier alpha value is -1.92. The second kappa shape index (κ2) is 6.67. The van der Waals surface area contributed by atoms with Crippen LogP contribution in [0.2, 0.25) is 0 Å². The van der Waals surface area contributed by atoms with Gasteiger partial charge in [0.25, 0.3) is 0 Å². The minimum Gasteiger partial charge on any atom is -0.325 e. The lowest BCUT2D eigenvalue weighted by Gasteiger charge is -2.30. The molecule has 0 unspecified atom stereocenters. The molecule has 2 aliphatic rings. The highest BCUT2D eigenvalue weighted by atomic mass is 32.2. The van der Waals surface area contributed by atoms with Gasteiger partial charge in [0.1, 0.15) is 0 Å². The molecule has 0 bridgehead atoms. The average Bonchev–Trinajstić information content (AvgIpc) is 3.09. The molecule has 1 amide bonds. The van der Waals surface area contributed by atoms with Crippen LogP contribution in [0, 0.1) is 5.92 Å². The molecule has 1 N–H and O–H groups in total. The highest BCUT2D eigenvalue weighted by Gasteiger charge is 2.30. The zero-order valence-corrected chi connectivity index (χ0v) is 15.8. The van der Waals surface area contributed by atoms with E-state index in [4.69, 9.17) is 0 Å². The van der Waals surface area contributed by atoms with E-state index < -0.39 is 10.0 Å². The van der Waals surface area contributed by atoms with Gasteiger partial charge in [0.15, 0.2) is 0 Å². The number of nitrogens with one attached hydrogen (secondary N) is 1. The molecule has 2 aromatic rings. The molecule has 4 rings (SSSR count). The molecule has 0 saturated carbocycles. The van der Waals surface area contributed by atoms with Gasteiger partial charge in [-0.1, -0.05) is 24.3 Å². The summed E-state index contributed by atoms with van der Waals surface area (Å²) in [5.41, 5.74) is 3.57. The summed E-state index contributed by atoms with van der Waals surface area (Å²) in [6.07, 6.45) is 3.28. The number of carbonyl (C=O) groups excluding carboxylic acids is 1. The van der Waals surface area contributed by atoms with Crippen molar-refractivity contribution in [3.05, 3.63) is 41.5 Å². The van der Waals surface area contributed by atoms with Crippen LogP contribution in [-0.2, 0) is 27.7 Å². The molecule has 0 aromatic heterocycles. The molecule has 6 heteroatoms. The van der Waals surface area contributed by atoms with Crippen LogP contribution in [0.3, 0.4) is 0 Å². The first-order valence-electron chi connectivity index (χ1n) is 9.32. The van der Waals surface area contributed by atoms with Gasteiger partial charge in [-0.25, -0.2) is 12.7 Å². The SMILES string of the molecule is CCS(=O)(=O)N1CCC(C(=O)Nc2ccc3c4c(cccc24)CC3)CC1. The summed E-state index contributed by atoms with van der Waals surface area (Å²) in [6.45, 7) is 2.51. The third kappa shape index (κ3) is 3.01. The molecule has 0 radical (unpaired) electrons. The van der Waals surface area contributed by atoms with E-state index in [0.717, 1.165) is 23.9 Å². The number of hydrogen-bond acceptors (Lipinski definition) is 3. The molecule has 1 saturated heterocycles. The third-order valence-electron chi connectivity index (χ3n) is 5.72. The van der Waals surface area contributed by atoms with Crippen LogP contribution in [0.25, 0.3) is 10.8 Å². The maximum atomic E-state index is 12.7. The van der Waals surface area contributed by atoms with E-state index in [2.05, 4.69) is 29.6 Å². The monoisotopic (exact) mass is 372 g/mol. The summed E-state index contributed by atoms with van der Waals surface area (Å²) in [6, 6.07) is 10.4. The van der Waals surface area contributed by atoms with Crippen molar-refractivity contribution in [2.24, 2.45) is 5.92 Å². The van der Waals surface area contributed by atoms with Gasteiger partial charge in [-0.15, -0.1) is 0 Å². The molecule has 1 aliphatic heterocycles. The van der Waals surface area contributed by atoms with Gasteiger partial charge >= 0.3 is 0 Å². The van der Waals surface area contributed by atoms with Gasteiger partial charge in [-0.2, -0.15) is 0 Å². The highest BCUT2D eigenvalue weighted by molar-refractivity contribution is 7.89. The van der Waals surface area contributed by atoms with Crippen molar-refractivity contribution < 1.29 is 13.2 Å². The normalized spacial score (nSPS) is 18.3. The molecule has 138 valence electrons. The van der Waals surface area contributed by atoms with E-state index in [-0.39, 0.29) is 17.6 Å². The number of nitrogens with zero attached hydrogens (tertiary/aromatic N) is 1. The summed E-state index contributed by atoms with van der Waals surface area (Å²) >= 11 is 0. The van der Waals surface area contributed by atoms with Gasteiger partial charge < -0.3 is 5.32 Å². The fraction of sp³-hybridized carbons (Fsp3) is 0.450.